The molecule has 0 aromatic heterocycles. The van der Waals surface area contributed by atoms with Crippen LogP contribution in [0.2, 0.25) is 0 Å². The van der Waals surface area contributed by atoms with Gasteiger partial charge in [-0.2, -0.15) is 0 Å². The summed E-state index contributed by atoms with van der Waals surface area (Å²) in [5.74, 6) is 0.969. The summed E-state index contributed by atoms with van der Waals surface area (Å²) in [6, 6.07) is 20.8. The van der Waals surface area contributed by atoms with Gasteiger partial charge in [0.15, 0.2) is 5.17 Å². The number of amides is 3. The molecule has 1 atom stereocenters. The van der Waals surface area contributed by atoms with Gasteiger partial charge < -0.3 is 20.1 Å². The normalized spacial score (nSPS) is 15.4. The number of methoxy groups -OCH3 is 2. The minimum atomic E-state index is -0.893. The Morgan fingerprint density at radius 2 is 1.60 bits per heavy atom. The van der Waals surface area contributed by atoms with Crippen LogP contribution in [0.3, 0.4) is 0 Å². The molecule has 3 aromatic carbocycles. The number of carbonyl (C=O) groups is 3. The first-order valence-corrected chi connectivity index (χ1v) is 13.5. The molecule has 0 aliphatic carbocycles. The fraction of sp³-hybridized carbons (Fsp3) is 0.207. The molecular formula is C29H27N5O5S. The van der Waals surface area contributed by atoms with Crippen molar-refractivity contribution in [3.63, 3.8) is 0 Å². The Hall–Kier alpha value is -4.64. The number of nitrogens with zero attached hydrogens (tertiary/aromatic N) is 3. The molecule has 0 fully saturated rings. The number of aliphatic imine (C=N–C) groups is 2. The molecule has 204 valence electrons. The zero-order valence-corrected chi connectivity index (χ0v) is 22.7. The minimum Gasteiger partial charge on any atom is -0.497 e. The van der Waals surface area contributed by atoms with Crippen LogP contribution in [0.25, 0.3) is 0 Å². The first-order chi connectivity index (χ1) is 19.4. The number of nitrogens with one attached hydrogen (secondary N) is 2. The molecule has 2 N–H and O–H groups in total. The summed E-state index contributed by atoms with van der Waals surface area (Å²) < 4.78 is 10.3. The average Bonchev–Trinajstić information content (AvgIpc) is 3.31. The van der Waals surface area contributed by atoms with Crippen LogP contribution in [-0.2, 0) is 20.9 Å². The number of hydrogen-bond acceptors (Lipinski definition) is 8. The Morgan fingerprint density at radius 3 is 2.30 bits per heavy atom. The number of thioether (sulfide) groups is 1. The van der Waals surface area contributed by atoms with Crippen LogP contribution >= 0.6 is 11.8 Å². The third kappa shape index (κ3) is 5.99. The lowest BCUT2D eigenvalue weighted by atomic mass is 10.1. The van der Waals surface area contributed by atoms with Crippen molar-refractivity contribution >= 4 is 51.9 Å². The van der Waals surface area contributed by atoms with Crippen LogP contribution < -0.4 is 20.1 Å². The topological polar surface area (TPSA) is 122 Å². The van der Waals surface area contributed by atoms with Crippen molar-refractivity contribution in [2.24, 2.45) is 9.98 Å². The van der Waals surface area contributed by atoms with E-state index < -0.39 is 6.04 Å². The molecular weight excluding hydrogens is 530 g/mol. The highest BCUT2D eigenvalue weighted by atomic mass is 32.2. The van der Waals surface area contributed by atoms with Crippen molar-refractivity contribution in [1.82, 2.24) is 10.2 Å². The van der Waals surface area contributed by atoms with Crippen molar-refractivity contribution in [3.05, 3.63) is 83.9 Å². The molecule has 0 saturated heterocycles. The molecule has 0 spiro atoms. The number of benzene rings is 3. The number of anilines is 1. The van der Waals surface area contributed by atoms with Crippen LogP contribution in [0.5, 0.6) is 11.5 Å². The van der Waals surface area contributed by atoms with Crippen LogP contribution in [0.15, 0.2) is 82.8 Å². The number of fused-ring (bicyclic) bond motifs is 3. The van der Waals surface area contributed by atoms with Gasteiger partial charge in [-0.15, -0.1) is 0 Å². The Bertz CT molecular complexity index is 1490. The van der Waals surface area contributed by atoms with Gasteiger partial charge in [-0.05, 0) is 54.1 Å². The molecule has 10 nitrogen and oxygen atoms in total. The van der Waals surface area contributed by atoms with Gasteiger partial charge in [-0.25, -0.2) is 9.89 Å². The van der Waals surface area contributed by atoms with Gasteiger partial charge in [0.2, 0.25) is 11.8 Å². The molecule has 2 aliphatic rings. The molecule has 3 amide bonds. The van der Waals surface area contributed by atoms with Crippen molar-refractivity contribution in [1.29, 1.82) is 0 Å². The molecule has 2 heterocycles. The van der Waals surface area contributed by atoms with Gasteiger partial charge in [0.25, 0.3) is 5.91 Å². The lowest BCUT2D eigenvalue weighted by molar-refractivity contribution is -0.128. The summed E-state index contributed by atoms with van der Waals surface area (Å²) in [6.07, 6.45) is -0.104. The molecule has 0 unspecified atom stereocenters. The summed E-state index contributed by atoms with van der Waals surface area (Å²) in [4.78, 5) is 49.5. The van der Waals surface area contributed by atoms with Gasteiger partial charge >= 0.3 is 0 Å². The molecule has 3 aromatic rings. The standard InChI is InChI=1S/C29H27N5O5S/c1-38-20-11-7-18(8-12-20)16-30-25(35)15-24-28(37)34-27(32-24)22-5-3-4-6-23(22)33-29(34)40-17-26(36)31-19-9-13-21(39-2)14-10-19/h3-14,24H,15-17H2,1-2H3,(H,30,35)(H,31,36)/t24-/m1/s1. The van der Waals surface area contributed by atoms with E-state index in [2.05, 4.69) is 20.6 Å². The summed E-state index contributed by atoms with van der Waals surface area (Å²) >= 11 is 1.13. The average molecular weight is 558 g/mol. The van der Waals surface area contributed by atoms with E-state index >= 15 is 0 Å². The number of rotatable bonds is 9. The molecule has 2 aliphatic heterocycles. The second kappa shape index (κ2) is 12.0. The third-order valence-corrected chi connectivity index (χ3v) is 7.22. The Kier molecular flexibility index (Phi) is 8.11. The molecule has 11 heteroatoms. The van der Waals surface area contributed by atoms with E-state index in [1.165, 1.54) is 4.90 Å². The monoisotopic (exact) mass is 557 g/mol. The molecule has 0 radical (unpaired) electrons. The van der Waals surface area contributed by atoms with Gasteiger partial charge in [0.1, 0.15) is 23.4 Å². The Labute approximate surface area is 235 Å². The second-order valence-corrected chi connectivity index (χ2v) is 9.89. The smallest absolute Gasteiger partial charge is 0.259 e. The number of carbonyl (C=O) groups excluding carboxylic acids is 3. The quantitative estimate of drug-likeness (QED) is 0.414. The third-order valence-electron chi connectivity index (χ3n) is 6.28. The summed E-state index contributed by atoms with van der Waals surface area (Å²) in [5.41, 5.74) is 2.88. The van der Waals surface area contributed by atoms with Gasteiger partial charge in [-0.1, -0.05) is 36.0 Å². The maximum absolute atomic E-state index is 13.4. The van der Waals surface area contributed by atoms with E-state index in [0.29, 0.717) is 40.2 Å². The van der Waals surface area contributed by atoms with Crippen LogP contribution in [0.1, 0.15) is 17.5 Å². The fourth-order valence-electron chi connectivity index (χ4n) is 4.23. The number of amidine groups is 2. The van der Waals surface area contributed by atoms with Crippen LogP contribution in [0, 0.1) is 0 Å². The number of para-hydroxylation sites is 1. The molecule has 0 saturated carbocycles. The number of hydrogen-bond donors (Lipinski definition) is 2. The maximum Gasteiger partial charge on any atom is 0.259 e. The number of ether oxygens (including phenoxy) is 2. The summed E-state index contributed by atoms with van der Waals surface area (Å²) in [6.45, 7) is 0.318. The fourth-order valence-corrected chi connectivity index (χ4v) is 5.03. The highest BCUT2D eigenvalue weighted by molar-refractivity contribution is 8.14. The predicted octanol–water partition coefficient (Wildman–Crippen LogP) is 3.74. The van der Waals surface area contributed by atoms with Crippen molar-refractivity contribution in [2.45, 2.75) is 19.0 Å². The van der Waals surface area contributed by atoms with Gasteiger partial charge in [-0.3, -0.25) is 19.4 Å². The van der Waals surface area contributed by atoms with Crippen LogP contribution in [-0.4, -0.2) is 59.6 Å². The minimum absolute atomic E-state index is 0.0249. The van der Waals surface area contributed by atoms with E-state index in [4.69, 9.17) is 9.47 Å². The van der Waals surface area contributed by atoms with Crippen molar-refractivity contribution < 1.29 is 23.9 Å². The first kappa shape index (κ1) is 26.9. The van der Waals surface area contributed by atoms with E-state index in [9.17, 15) is 14.4 Å². The lowest BCUT2D eigenvalue weighted by Crippen LogP contribution is -2.42. The zero-order chi connectivity index (χ0) is 28.1. The SMILES string of the molecule is COc1ccc(CNC(=O)C[C@H]2N=C3c4ccccc4N=C(SCC(=O)Nc4ccc(OC)cc4)N3C2=O)cc1. The van der Waals surface area contributed by atoms with E-state index in [-0.39, 0.29) is 29.9 Å². The van der Waals surface area contributed by atoms with Crippen molar-refractivity contribution in [2.75, 3.05) is 25.3 Å². The second-order valence-electron chi connectivity index (χ2n) is 8.95. The van der Waals surface area contributed by atoms with E-state index in [1.807, 2.05) is 48.5 Å². The Morgan fingerprint density at radius 1 is 0.925 bits per heavy atom. The lowest BCUT2D eigenvalue weighted by Gasteiger charge is -2.25. The highest BCUT2D eigenvalue weighted by Crippen LogP contribution is 2.34. The first-order valence-electron chi connectivity index (χ1n) is 12.5. The van der Waals surface area contributed by atoms with Crippen LogP contribution in [0.4, 0.5) is 11.4 Å². The predicted molar refractivity (Wildman–Crippen MR) is 154 cm³/mol. The summed E-state index contributed by atoms with van der Waals surface area (Å²) in [7, 11) is 3.17. The Balaban J connectivity index is 1.25. The molecule has 40 heavy (non-hydrogen) atoms. The van der Waals surface area contributed by atoms with Crippen molar-refractivity contribution in [3.8, 4) is 11.5 Å². The molecule has 5 rings (SSSR count). The van der Waals surface area contributed by atoms with E-state index in [1.54, 1.807) is 38.5 Å². The van der Waals surface area contributed by atoms with E-state index in [0.717, 1.165) is 23.1 Å². The highest BCUT2D eigenvalue weighted by Gasteiger charge is 2.42. The van der Waals surface area contributed by atoms with Gasteiger partial charge in [0.05, 0.1) is 32.1 Å². The molecule has 0 bridgehead atoms. The van der Waals surface area contributed by atoms with Gasteiger partial charge in [0, 0.05) is 17.8 Å². The maximum atomic E-state index is 13.4. The summed E-state index contributed by atoms with van der Waals surface area (Å²) in [5, 5.41) is 6.02. The largest absolute Gasteiger partial charge is 0.497 e. The zero-order valence-electron chi connectivity index (χ0n) is 21.9.